The number of carbonyl (C=O) groups excluding carboxylic acids is 1. The molecule has 1 aliphatic carbocycles. The van der Waals surface area contributed by atoms with Gasteiger partial charge in [-0.25, -0.2) is 0 Å². The summed E-state index contributed by atoms with van der Waals surface area (Å²) in [4.78, 5) is 22.5. The Kier molecular flexibility index (Phi) is 4.84. The van der Waals surface area contributed by atoms with Crippen LogP contribution >= 0.6 is 11.6 Å². The zero-order chi connectivity index (χ0) is 14.5. The fourth-order valence-electron chi connectivity index (χ4n) is 2.29. The number of amides is 1. The van der Waals surface area contributed by atoms with Crippen molar-refractivity contribution in [3.63, 3.8) is 0 Å². The van der Waals surface area contributed by atoms with Gasteiger partial charge in [0.1, 0.15) is 5.75 Å². The van der Waals surface area contributed by atoms with Crippen molar-refractivity contribution < 1.29 is 19.4 Å². The van der Waals surface area contributed by atoms with Crippen molar-refractivity contribution in [2.45, 2.75) is 25.3 Å². The number of aliphatic carboxylic acids is 1. The van der Waals surface area contributed by atoms with Crippen molar-refractivity contribution in [1.82, 2.24) is 5.32 Å². The van der Waals surface area contributed by atoms with Crippen LogP contribution in [0.15, 0.2) is 24.3 Å². The molecule has 108 valence electrons. The molecule has 2 rings (SSSR count). The van der Waals surface area contributed by atoms with E-state index in [1.807, 2.05) is 0 Å². The van der Waals surface area contributed by atoms with Crippen LogP contribution in [-0.2, 0) is 9.59 Å². The van der Waals surface area contributed by atoms with E-state index in [-0.39, 0.29) is 24.5 Å². The van der Waals surface area contributed by atoms with Crippen molar-refractivity contribution in [2.24, 2.45) is 5.92 Å². The summed E-state index contributed by atoms with van der Waals surface area (Å²) in [7, 11) is 0. The second kappa shape index (κ2) is 6.61. The van der Waals surface area contributed by atoms with Gasteiger partial charge in [-0.1, -0.05) is 11.6 Å². The number of halogens is 1. The second-order valence-electron chi connectivity index (χ2n) is 4.86. The molecule has 0 spiro atoms. The Bertz CT molecular complexity index is 488. The smallest absolute Gasteiger partial charge is 0.306 e. The van der Waals surface area contributed by atoms with E-state index in [9.17, 15) is 9.59 Å². The molecule has 0 heterocycles. The van der Waals surface area contributed by atoms with Gasteiger partial charge in [0.15, 0.2) is 6.61 Å². The van der Waals surface area contributed by atoms with Gasteiger partial charge in [-0.2, -0.15) is 0 Å². The highest BCUT2D eigenvalue weighted by Gasteiger charge is 2.30. The Morgan fingerprint density at radius 3 is 2.60 bits per heavy atom. The number of benzene rings is 1. The summed E-state index contributed by atoms with van der Waals surface area (Å²) in [5.74, 6) is -0.813. The van der Waals surface area contributed by atoms with Crippen molar-refractivity contribution in [3.8, 4) is 5.75 Å². The normalized spacial score (nSPS) is 21.4. The lowest BCUT2D eigenvalue weighted by Gasteiger charge is -2.13. The van der Waals surface area contributed by atoms with Crippen LogP contribution in [0.4, 0.5) is 0 Å². The Morgan fingerprint density at radius 2 is 2.00 bits per heavy atom. The maximum Gasteiger partial charge on any atom is 0.306 e. The first-order valence-electron chi connectivity index (χ1n) is 6.45. The van der Waals surface area contributed by atoms with Crippen molar-refractivity contribution >= 4 is 23.5 Å². The molecule has 0 radical (unpaired) electrons. The van der Waals surface area contributed by atoms with E-state index in [1.165, 1.54) is 0 Å². The van der Waals surface area contributed by atoms with Crippen LogP contribution in [0.3, 0.4) is 0 Å². The van der Waals surface area contributed by atoms with Gasteiger partial charge in [-0.15, -0.1) is 0 Å². The summed E-state index contributed by atoms with van der Waals surface area (Å²) >= 11 is 5.74. The summed E-state index contributed by atoms with van der Waals surface area (Å²) < 4.78 is 5.32. The van der Waals surface area contributed by atoms with E-state index in [1.54, 1.807) is 24.3 Å². The molecule has 20 heavy (non-hydrogen) atoms. The maximum atomic E-state index is 11.7. The monoisotopic (exact) mass is 297 g/mol. The first kappa shape index (κ1) is 14.7. The van der Waals surface area contributed by atoms with Crippen LogP contribution in [0, 0.1) is 5.92 Å². The van der Waals surface area contributed by atoms with E-state index >= 15 is 0 Å². The zero-order valence-corrected chi connectivity index (χ0v) is 11.6. The lowest BCUT2D eigenvalue weighted by atomic mass is 10.1. The largest absolute Gasteiger partial charge is 0.484 e. The zero-order valence-electron chi connectivity index (χ0n) is 10.8. The summed E-state index contributed by atoms with van der Waals surface area (Å²) in [5.41, 5.74) is 0. The molecule has 1 saturated carbocycles. The standard InChI is InChI=1S/C14H16ClNO4/c15-10-2-5-12(6-3-10)20-8-13(17)16-11-4-1-9(7-11)14(18)19/h2-3,5-6,9,11H,1,4,7-8H2,(H,16,17)(H,18,19)/t9-,11+/m1/s1. The summed E-state index contributed by atoms with van der Waals surface area (Å²) in [6.07, 6.45) is 1.80. The van der Waals surface area contributed by atoms with Crippen LogP contribution in [0.25, 0.3) is 0 Å². The Morgan fingerprint density at radius 1 is 1.30 bits per heavy atom. The summed E-state index contributed by atoms with van der Waals surface area (Å²) in [5, 5.41) is 12.3. The first-order valence-corrected chi connectivity index (χ1v) is 6.83. The molecule has 1 aromatic rings. The predicted molar refractivity (Wildman–Crippen MR) is 73.9 cm³/mol. The third-order valence-electron chi connectivity index (χ3n) is 3.33. The molecule has 2 atom stereocenters. The lowest BCUT2D eigenvalue weighted by Crippen LogP contribution is -2.36. The Balaban J connectivity index is 1.73. The molecule has 0 saturated heterocycles. The maximum absolute atomic E-state index is 11.7. The third kappa shape index (κ3) is 4.13. The molecule has 0 aromatic heterocycles. The first-order chi connectivity index (χ1) is 9.54. The van der Waals surface area contributed by atoms with E-state index in [0.717, 1.165) is 0 Å². The van der Waals surface area contributed by atoms with Gasteiger partial charge in [0.05, 0.1) is 5.92 Å². The molecule has 6 heteroatoms. The highest BCUT2D eigenvalue weighted by molar-refractivity contribution is 6.30. The molecule has 5 nitrogen and oxygen atoms in total. The van der Waals surface area contributed by atoms with Crippen LogP contribution in [-0.4, -0.2) is 29.6 Å². The van der Waals surface area contributed by atoms with Crippen molar-refractivity contribution in [3.05, 3.63) is 29.3 Å². The molecule has 1 aliphatic rings. The number of carboxylic acid groups (broad SMARTS) is 1. The minimum Gasteiger partial charge on any atom is -0.484 e. The molecular formula is C14H16ClNO4. The van der Waals surface area contributed by atoms with E-state index in [0.29, 0.717) is 30.0 Å². The highest BCUT2D eigenvalue weighted by atomic mass is 35.5. The van der Waals surface area contributed by atoms with Crippen LogP contribution in [0.2, 0.25) is 5.02 Å². The topological polar surface area (TPSA) is 75.6 Å². The molecular weight excluding hydrogens is 282 g/mol. The quantitative estimate of drug-likeness (QED) is 0.872. The van der Waals surface area contributed by atoms with Crippen molar-refractivity contribution in [2.75, 3.05) is 6.61 Å². The van der Waals surface area contributed by atoms with Crippen LogP contribution < -0.4 is 10.1 Å². The lowest BCUT2D eigenvalue weighted by molar-refractivity contribution is -0.141. The van der Waals surface area contributed by atoms with E-state index < -0.39 is 5.97 Å². The number of carboxylic acids is 1. The Labute approximate surface area is 121 Å². The SMILES string of the molecule is O=C(COc1ccc(Cl)cc1)N[C@H]1CC[C@@H](C(=O)O)C1. The molecule has 1 fully saturated rings. The van der Waals surface area contributed by atoms with Gasteiger partial charge in [0.25, 0.3) is 5.91 Å². The average Bonchev–Trinajstić information content (AvgIpc) is 2.87. The number of rotatable bonds is 5. The highest BCUT2D eigenvalue weighted by Crippen LogP contribution is 2.25. The second-order valence-corrected chi connectivity index (χ2v) is 5.29. The molecule has 0 unspecified atom stereocenters. The summed E-state index contributed by atoms with van der Waals surface area (Å²) in [6.45, 7) is -0.0874. The number of carbonyl (C=O) groups is 2. The predicted octanol–water partition coefficient (Wildman–Crippen LogP) is 2.09. The molecule has 0 aliphatic heterocycles. The third-order valence-corrected chi connectivity index (χ3v) is 3.58. The van der Waals surface area contributed by atoms with E-state index in [2.05, 4.69) is 5.32 Å². The van der Waals surface area contributed by atoms with Gasteiger partial charge < -0.3 is 15.2 Å². The van der Waals surface area contributed by atoms with Crippen LogP contribution in [0.1, 0.15) is 19.3 Å². The van der Waals surface area contributed by atoms with Gasteiger partial charge in [-0.05, 0) is 43.5 Å². The molecule has 0 bridgehead atoms. The number of ether oxygens (including phenoxy) is 1. The number of nitrogens with one attached hydrogen (secondary N) is 1. The average molecular weight is 298 g/mol. The fraction of sp³-hybridized carbons (Fsp3) is 0.429. The van der Waals surface area contributed by atoms with Crippen molar-refractivity contribution in [1.29, 1.82) is 0 Å². The fourth-order valence-corrected chi connectivity index (χ4v) is 2.41. The van der Waals surface area contributed by atoms with Crippen LogP contribution in [0.5, 0.6) is 5.75 Å². The minimum atomic E-state index is -0.792. The Hall–Kier alpha value is -1.75. The summed E-state index contributed by atoms with van der Waals surface area (Å²) in [6, 6.07) is 6.67. The number of hydrogen-bond donors (Lipinski definition) is 2. The molecule has 1 aromatic carbocycles. The van der Waals surface area contributed by atoms with Gasteiger partial charge >= 0.3 is 5.97 Å². The van der Waals surface area contributed by atoms with E-state index in [4.69, 9.17) is 21.4 Å². The van der Waals surface area contributed by atoms with Gasteiger partial charge in [0, 0.05) is 11.1 Å². The van der Waals surface area contributed by atoms with Gasteiger partial charge in [-0.3, -0.25) is 9.59 Å². The molecule has 2 N–H and O–H groups in total. The number of hydrogen-bond acceptors (Lipinski definition) is 3. The minimum absolute atomic E-state index is 0.0718. The molecule has 1 amide bonds. The van der Waals surface area contributed by atoms with Gasteiger partial charge in [0.2, 0.25) is 0 Å².